The highest BCUT2D eigenvalue weighted by Crippen LogP contribution is 2.32. The molecular formula is C14H22Cl2N2. The predicted octanol–water partition coefficient (Wildman–Crippen LogP) is 4.12. The molecular weight excluding hydrogens is 267 g/mol. The maximum atomic E-state index is 6.29. The van der Waals surface area contributed by atoms with E-state index in [1.807, 2.05) is 18.2 Å². The highest BCUT2D eigenvalue weighted by molar-refractivity contribution is 6.42. The third kappa shape index (κ3) is 3.86. The number of nitrogens with zero attached hydrogens (tertiary/aromatic N) is 1. The molecule has 0 saturated heterocycles. The Morgan fingerprint density at radius 3 is 2.56 bits per heavy atom. The summed E-state index contributed by atoms with van der Waals surface area (Å²) in [5, 5.41) is 1.23. The van der Waals surface area contributed by atoms with Crippen LogP contribution in [0.15, 0.2) is 18.2 Å². The predicted molar refractivity (Wildman–Crippen MR) is 80.4 cm³/mol. The maximum Gasteiger partial charge on any atom is 0.0640 e. The topological polar surface area (TPSA) is 29.3 Å². The normalized spacial score (nSPS) is 13.0. The van der Waals surface area contributed by atoms with E-state index in [1.54, 1.807) is 0 Å². The minimum absolute atomic E-state index is 0.146. The molecule has 0 spiro atoms. The first-order chi connectivity index (χ1) is 8.65. The Kier molecular flexibility index (Phi) is 7.02. The van der Waals surface area contributed by atoms with Gasteiger partial charge in [-0.15, -0.1) is 0 Å². The summed E-state index contributed by atoms with van der Waals surface area (Å²) in [6, 6.07) is 5.90. The quantitative estimate of drug-likeness (QED) is 0.818. The number of halogens is 2. The molecule has 0 fully saturated rings. The second-order valence-electron chi connectivity index (χ2n) is 4.38. The molecule has 0 heterocycles. The van der Waals surface area contributed by atoms with Crippen LogP contribution in [0.4, 0.5) is 0 Å². The van der Waals surface area contributed by atoms with Crippen LogP contribution in [0.3, 0.4) is 0 Å². The summed E-state index contributed by atoms with van der Waals surface area (Å²) in [6.07, 6.45) is 2.35. The van der Waals surface area contributed by atoms with Crippen molar-refractivity contribution in [2.45, 2.75) is 32.7 Å². The van der Waals surface area contributed by atoms with Gasteiger partial charge in [0.2, 0.25) is 0 Å². The average molecular weight is 289 g/mol. The molecule has 0 aliphatic rings. The number of benzene rings is 1. The van der Waals surface area contributed by atoms with Crippen molar-refractivity contribution >= 4 is 23.2 Å². The van der Waals surface area contributed by atoms with E-state index in [0.717, 1.165) is 18.7 Å². The van der Waals surface area contributed by atoms with Gasteiger partial charge in [-0.25, -0.2) is 0 Å². The van der Waals surface area contributed by atoms with Crippen LogP contribution in [-0.2, 0) is 0 Å². The van der Waals surface area contributed by atoms with Gasteiger partial charge >= 0.3 is 0 Å². The Bertz CT molecular complexity index is 369. The van der Waals surface area contributed by atoms with Crippen LogP contribution in [0.1, 0.15) is 38.3 Å². The zero-order valence-electron chi connectivity index (χ0n) is 11.1. The Hall–Kier alpha value is -0.280. The lowest BCUT2D eigenvalue weighted by molar-refractivity contribution is 0.209. The van der Waals surface area contributed by atoms with Crippen molar-refractivity contribution in [2.75, 3.05) is 19.6 Å². The van der Waals surface area contributed by atoms with E-state index in [1.165, 1.54) is 12.8 Å². The van der Waals surface area contributed by atoms with E-state index in [0.29, 0.717) is 16.6 Å². The van der Waals surface area contributed by atoms with E-state index in [9.17, 15) is 0 Å². The highest BCUT2D eigenvalue weighted by Gasteiger charge is 2.20. The summed E-state index contributed by atoms with van der Waals surface area (Å²) in [5.74, 6) is 0. The van der Waals surface area contributed by atoms with Crippen molar-refractivity contribution in [2.24, 2.45) is 5.73 Å². The molecule has 1 aromatic carbocycles. The lowest BCUT2D eigenvalue weighted by atomic mass is 10.0. The van der Waals surface area contributed by atoms with Gasteiger partial charge in [0, 0.05) is 12.6 Å². The number of rotatable bonds is 7. The number of hydrogen-bond acceptors (Lipinski definition) is 2. The van der Waals surface area contributed by atoms with Crippen molar-refractivity contribution in [1.82, 2.24) is 4.90 Å². The second-order valence-corrected chi connectivity index (χ2v) is 5.16. The molecule has 1 atom stereocenters. The van der Waals surface area contributed by atoms with Crippen LogP contribution in [-0.4, -0.2) is 24.5 Å². The van der Waals surface area contributed by atoms with Crippen molar-refractivity contribution in [1.29, 1.82) is 0 Å². The third-order valence-electron chi connectivity index (χ3n) is 3.21. The van der Waals surface area contributed by atoms with Crippen LogP contribution >= 0.6 is 23.2 Å². The fraction of sp³-hybridized carbons (Fsp3) is 0.571. The Morgan fingerprint density at radius 2 is 2.00 bits per heavy atom. The molecule has 0 amide bonds. The minimum atomic E-state index is 0.146. The van der Waals surface area contributed by atoms with Crippen LogP contribution in [0.5, 0.6) is 0 Å². The van der Waals surface area contributed by atoms with Gasteiger partial charge in [-0.05, 0) is 31.1 Å². The lowest BCUT2D eigenvalue weighted by Gasteiger charge is -2.30. The fourth-order valence-electron chi connectivity index (χ4n) is 2.15. The van der Waals surface area contributed by atoms with Crippen LogP contribution in [0, 0.1) is 0 Å². The summed E-state index contributed by atoms with van der Waals surface area (Å²) in [5.41, 5.74) is 6.96. The van der Waals surface area contributed by atoms with Crippen LogP contribution < -0.4 is 5.73 Å². The van der Waals surface area contributed by atoms with Gasteiger partial charge in [-0.1, -0.05) is 55.6 Å². The van der Waals surface area contributed by atoms with Crippen molar-refractivity contribution in [3.63, 3.8) is 0 Å². The molecule has 2 N–H and O–H groups in total. The zero-order valence-corrected chi connectivity index (χ0v) is 12.6. The zero-order chi connectivity index (χ0) is 13.5. The van der Waals surface area contributed by atoms with E-state index < -0.39 is 0 Å². The van der Waals surface area contributed by atoms with E-state index in [4.69, 9.17) is 28.9 Å². The SMILES string of the molecule is CCCCN(CC)C(CN)c1cccc(Cl)c1Cl. The van der Waals surface area contributed by atoms with Gasteiger partial charge in [-0.2, -0.15) is 0 Å². The van der Waals surface area contributed by atoms with E-state index in [2.05, 4.69) is 18.7 Å². The molecule has 0 bridgehead atoms. The lowest BCUT2D eigenvalue weighted by Crippen LogP contribution is -2.34. The molecule has 0 radical (unpaired) electrons. The number of unbranched alkanes of at least 4 members (excludes halogenated alkanes) is 1. The number of nitrogens with two attached hydrogens (primary N) is 1. The summed E-state index contributed by atoms with van der Waals surface area (Å²) in [4.78, 5) is 2.36. The molecule has 0 aliphatic heterocycles. The molecule has 1 rings (SSSR count). The maximum absolute atomic E-state index is 6.29. The molecule has 1 aromatic rings. The first-order valence-electron chi connectivity index (χ1n) is 6.53. The van der Waals surface area contributed by atoms with Crippen molar-refractivity contribution in [3.8, 4) is 0 Å². The Balaban J connectivity index is 2.96. The van der Waals surface area contributed by atoms with Crippen LogP contribution in [0.2, 0.25) is 10.0 Å². The molecule has 18 heavy (non-hydrogen) atoms. The molecule has 0 saturated carbocycles. The summed E-state index contributed by atoms with van der Waals surface area (Å²) >= 11 is 12.4. The second kappa shape index (κ2) is 8.00. The third-order valence-corrected chi connectivity index (χ3v) is 4.04. The molecule has 0 aromatic heterocycles. The molecule has 2 nitrogen and oxygen atoms in total. The van der Waals surface area contributed by atoms with Gasteiger partial charge in [0.15, 0.2) is 0 Å². The minimum Gasteiger partial charge on any atom is -0.329 e. The Labute approximate surface area is 120 Å². The fourth-order valence-corrected chi connectivity index (χ4v) is 2.58. The number of hydrogen-bond donors (Lipinski definition) is 1. The first-order valence-corrected chi connectivity index (χ1v) is 7.29. The van der Waals surface area contributed by atoms with E-state index in [-0.39, 0.29) is 6.04 Å². The summed E-state index contributed by atoms with van der Waals surface area (Å²) in [6.45, 7) is 6.90. The van der Waals surface area contributed by atoms with Gasteiger partial charge in [0.05, 0.1) is 10.0 Å². The smallest absolute Gasteiger partial charge is 0.0640 e. The van der Waals surface area contributed by atoms with Gasteiger partial charge in [-0.3, -0.25) is 4.90 Å². The average Bonchev–Trinajstić information content (AvgIpc) is 2.38. The van der Waals surface area contributed by atoms with Crippen molar-refractivity contribution < 1.29 is 0 Å². The van der Waals surface area contributed by atoms with Gasteiger partial charge in [0.25, 0.3) is 0 Å². The highest BCUT2D eigenvalue weighted by atomic mass is 35.5. The monoisotopic (exact) mass is 288 g/mol. The van der Waals surface area contributed by atoms with Gasteiger partial charge in [0.1, 0.15) is 0 Å². The summed E-state index contributed by atoms with van der Waals surface area (Å²) in [7, 11) is 0. The standard InChI is InChI=1S/C14H22Cl2N2/c1-3-5-9-18(4-2)13(10-17)11-7-6-8-12(15)14(11)16/h6-8,13H,3-5,9-10,17H2,1-2H3. The van der Waals surface area contributed by atoms with Crippen molar-refractivity contribution in [3.05, 3.63) is 33.8 Å². The van der Waals surface area contributed by atoms with Gasteiger partial charge < -0.3 is 5.73 Å². The largest absolute Gasteiger partial charge is 0.329 e. The summed E-state index contributed by atoms with van der Waals surface area (Å²) < 4.78 is 0. The molecule has 1 unspecified atom stereocenters. The molecule has 102 valence electrons. The first kappa shape index (κ1) is 15.8. The molecule has 4 heteroatoms. The number of likely N-dealkylation sites (N-methyl/N-ethyl adjacent to an activating group) is 1. The Morgan fingerprint density at radius 1 is 1.28 bits per heavy atom. The van der Waals surface area contributed by atoms with Crippen LogP contribution in [0.25, 0.3) is 0 Å². The molecule has 0 aliphatic carbocycles. The van der Waals surface area contributed by atoms with E-state index >= 15 is 0 Å².